The molecule has 1 heterocycles. The van der Waals surface area contributed by atoms with Crippen LogP contribution < -0.4 is 0 Å². The van der Waals surface area contributed by atoms with Gasteiger partial charge in [-0.25, -0.2) is 0 Å². The number of hydrogen-bond acceptors (Lipinski definition) is 1. The first-order valence-corrected chi connectivity index (χ1v) is 4.76. The quantitative estimate of drug-likeness (QED) is 0.665. The van der Waals surface area contributed by atoms with Gasteiger partial charge in [0.15, 0.2) is 0 Å². The molecule has 0 N–H and O–H groups in total. The van der Waals surface area contributed by atoms with E-state index in [0.717, 1.165) is 12.1 Å². The first kappa shape index (κ1) is 10.5. The van der Waals surface area contributed by atoms with Crippen LogP contribution in [0.3, 0.4) is 0 Å². The van der Waals surface area contributed by atoms with Crippen LogP contribution in [0.2, 0.25) is 0 Å². The Balaban J connectivity index is 3.39. The summed E-state index contributed by atoms with van der Waals surface area (Å²) in [6.07, 6.45) is 2.63. The summed E-state index contributed by atoms with van der Waals surface area (Å²) in [6, 6.07) is 11.5. The maximum atomic E-state index is 11.3. The summed E-state index contributed by atoms with van der Waals surface area (Å²) in [4.78, 5) is 11.3. The van der Waals surface area contributed by atoms with Crippen LogP contribution >= 0.6 is 0 Å². The van der Waals surface area contributed by atoms with E-state index in [-0.39, 0.29) is 5.91 Å². The molecule has 0 saturated heterocycles. The van der Waals surface area contributed by atoms with Crippen LogP contribution in [0.5, 0.6) is 0 Å². The van der Waals surface area contributed by atoms with Crippen molar-refractivity contribution in [2.24, 2.45) is 0 Å². The van der Waals surface area contributed by atoms with Crippen molar-refractivity contribution >= 4 is 5.91 Å². The molecule has 2 heteroatoms. The fraction of sp³-hybridized carbons (Fsp3) is 0.250. The van der Waals surface area contributed by atoms with Gasteiger partial charge in [-0.3, -0.25) is 9.36 Å². The molecular formula is C12H15NO. The van der Waals surface area contributed by atoms with E-state index in [2.05, 4.69) is 0 Å². The Bertz CT molecular complexity index is 364. The van der Waals surface area contributed by atoms with Gasteiger partial charge < -0.3 is 0 Å². The van der Waals surface area contributed by atoms with Gasteiger partial charge in [0.05, 0.1) is 0 Å². The molecule has 1 aromatic rings. The van der Waals surface area contributed by atoms with E-state index in [1.165, 1.54) is 0 Å². The molecule has 0 unspecified atom stereocenters. The van der Waals surface area contributed by atoms with Gasteiger partial charge in [0.2, 0.25) is 5.91 Å². The molecule has 0 saturated carbocycles. The van der Waals surface area contributed by atoms with Gasteiger partial charge >= 0.3 is 0 Å². The Morgan fingerprint density at radius 2 is 1.86 bits per heavy atom. The van der Waals surface area contributed by atoms with Crippen molar-refractivity contribution in [2.75, 3.05) is 0 Å². The lowest BCUT2D eigenvalue weighted by molar-refractivity contribution is 0.0933. The standard InChI is InChI=1S/C12H15NO/c1-3-12-9-7-5-4-6-8-10-13(12)11(2)14/h4-10H,3H2,1-2H3. The summed E-state index contributed by atoms with van der Waals surface area (Å²) in [5.41, 5.74) is 1.01. The Morgan fingerprint density at radius 1 is 1.21 bits per heavy atom. The highest BCUT2D eigenvalue weighted by Crippen LogP contribution is 1.98. The lowest BCUT2D eigenvalue weighted by Gasteiger charge is -2.04. The summed E-state index contributed by atoms with van der Waals surface area (Å²) in [7, 11) is 0. The van der Waals surface area contributed by atoms with Gasteiger partial charge in [-0.2, -0.15) is 0 Å². The molecule has 0 radical (unpaired) electrons. The van der Waals surface area contributed by atoms with Gasteiger partial charge in [-0.05, 0) is 18.6 Å². The molecule has 0 aliphatic rings. The summed E-state index contributed by atoms with van der Waals surface area (Å²) in [5.74, 6) is 0.0399. The molecule has 0 fully saturated rings. The second kappa shape index (κ2) is 5.22. The van der Waals surface area contributed by atoms with E-state index in [4.69, 9.17) is 0 Å². The molecular weight excluding hydrogens is 174 g/mol. The Labute approximate surface area is 84.5 Å². The first-order valence-electron chi connectivity index (χ1n) is 4.76. The zero-order chi connectivity index (χ0) is 10.4. The van der Waals surface area contributed by atoms with Gasteiger partial charge in [0.25, 0.3) is 0 Å². The molecule has 1 rings (SSSR count). The van der Waals surface area contributed by atoms with Crippen LogP contribution in [-0.4, -0.2) is 10.5 Å². The normalized spacial score (nSPS) is 9.29. The Hall–Kier alpha value is -1.57. The fourth-order valence-corrected chi connectivity index (χ4v) is 1.27. The van der Waals surface area contributed by atoms with Crippen LogP contribution in [-0.2, 0) is 6.42 Å². The van der Waals surface area contributed by atoms with Crippen molar-refractivity contribution in [3.05, 3.63) is 48.3 Å². The maximum Gasteiger partial charge on any atom is 0.227 e. The maximum absolute atomic E-state index is 11.3. The smallest absolute Gasteiger partial charge is 0.227 e. The van der Waals surface area contributed by atoms with E-state index < -0.39 is 0 Å². The second-order valence-corrected chi connectivity index (χ2v) is 3.01. The summed E-state index contributed by atoms with van der Waals surface area (Å²) < 4.78 is 1.67. The average Bonchev–Trinajstić information content (AvgIpc) is 2.27. The molecule has 0 bridgehead atoms. The van der Waals surface area contributed by atoms with Crippen molar-refractivity contribution in [3.63, 3.8) is 0 Å². The highest BCUT2D eigenvalue weighted by Gasteiger charge is 1.97. The highest BCUT2D eigenvalue weighted by molar-refractivity contribution is 5.76. The molecule has 2 nitrogen and oxygen atoms in total. The van der Waals surface area contributed by atoms with Crippen LogP contribution in [0.15, 0.2) is 42.6 Å². The van der Waals surface area contributed by atoms with E-state index in [1.54, 1.807) is 17.7 Å². The highest BCUT2D eigenvalue weighted by atomic mass is 16.1. The third-order valence-corrected chi connectivity index (χ3v) is 1.98. The minimum atomic E-state index is 0.0399. The number of aromatic nitrogens is 1. The topological polar surface area (TPSA) is 22.0 Å². The summed E-state index contributed by atoms with van der Waals surface area (Å²) in [6.45, 7) is 3.61. The molecule has 14 heavy (non-hydrogen) atoms. The van der Waals surface area contributed by atoms with Crippen LogP contribution in [0.25, 0.3) is 0 Å². The second-order valence-electron chi connectivity index (χ2n) is 3.01. The minimum Gasteiger partial charge on any atom is -0.292 e. The average molecular weight is 189 g/mol. The monoisotopic (exact) mass is 189 g/mol. The number of hydrogen-bond donors (Lipinski definition) is 0. The van der Waals surface area contributed by atoms with Gasteiger partial charge in [0, 0.05) is 18.8 Å². The van der Waals surface area contributed by atoms with Gasteiger partial charge in [-0.1, -0.05) is 31.2 Å². The predicted octanol–water partition coefficient (Wildman–Crippen LogP) is 2.84. The minimum absolute atomic E-state index is 0.0399. The third kappa shape index (κ3) is 2.73. The number of rotatable bonds is 1. The summed E-state index contributed by atoms with van der Waals surface area (Å²) >= 11 is 0. The molecule has 0 amide bonds. The zero-order valence-electron chi connectivity index (χ0n) is 8.60. The van der Waals surface area contributed by atoms with E-state index >= 15 is 0 Å². The molecule has 0 aromatic carbocycles. The molecule has 1 aromatic heterocycles. The molecule has 74 valence electrons. The molecule has 0 aliphatic carbocycles. The van der Waals surface area contributed by atoms with Gasteiger partial charge in [-0.15, -0.1) is 0 Å². The number of carbonyl (C=O) groups is 1. The van der Waals surface area contributed by atoms with Crippen LogP contribution in [0.4, 0.5) is 0 Å². The Morgan fingerprint density at radius 3 is 2.50 bits per heavy atom. The van der Waals surface area contributed by atoms with Crippen molar-refractivity contribution in [3.8, 4) is 0 Å². The SMILES string of the molecule is CCc1cccccccn1C(C)=O. The molecule has 0 spiro atoms. The zero-order valence-corrected chi connectivity index (χ0v) is 8.60. The lowest BCUT2D eigenvalue weighted by Crippen LogP contribution is -2.09. The van der Waals surface area contributed by atoms with Crippen molar-refractivity contribution in [1.82, 2.24) is 4.57 Å². The Kier molecular flexibility index (Phi) is 3.92. The number of nitrogens with zero attached hydrogens (tertiary/aromatic N) is 1. The van der Waals surface area contributed by atoms with Crippen molar-refractivity contribution < 1.29 is 4.79 Å². The predicted molar refractivity (Wildman–Crippen MR) is 57.7 cm³/mol. The molecule has 0 aliphatic heterocycles. The van der Waals surface area contributed by atoms with E-state index in [0.29, 0.717) is 0 Å². The number of carbonyl (C=O) groups excluding carboxylic acids is 1. The third-order valence-electron chi connectivity index (χ3n) is 1.98. The number of aryl methyl sites for hydroxylation is 1. The van der Waals surface area contributed by atoms with Crippen LogP contribution in [0.1, 0.15) is 24.3 Å². The van der Waals surface area contributed by atoms with E-state index in [1.807, 2.05) is 43.3 Å². The largest absolute Gasteiger partial charge is 0.292 e. The molecule has 0 atom stereocenters. The fourth-order valence-electron chi connectivity index (χ4n) is 1.27. The van der Waals surface area contributed by atoms with E-state index in [9.17, 15) is 4.79 Å². The van der Waals surface area contributed by atoms with Crippen molar-refractivity contribution in [1.29, 1.82) is 0 Å². The van der Waals surface area contributed by atoms with Crippen molar-refractivity contribution in [2.45, 2.75) is 20.3 Å². The van der Waals surface area contributed by atoms with Gasteiger partial charge in [0.1, 0.15) is 0 Å². The summed E-state index contributed by atoms with van der Waals surface area (Å²) in [5, 5.41) is 0. The lowest BCUT2D eigenvalue weighted by atomic mass is 10.3. The first-order chi connectivity index (χ1) is 6.75. The van der Waals surface area contributed by atoms with Crippen LogP contribution in [0, 0.1) is 0 Å².